The summed E-state index contributed by atoms with van der Waals surface area (Å²) in [5.74, 6) is -0.360. The summed E-state index contributed by atoms with van der Waals surface area (Å²) in [6.07, 6.45) is 2.93. The highest BCUT2D eigenvalue weighted by molar-refractivity contribution is 5.90. The number of pyridine rings is 1. The number of ether oxygens (including phenoxy) is 1. The molecule has 0 saturated heterocycles. The maximum atomic E-state index is 12.9. The van der Waals surface area contributed by atoms with E-state index < -0.39 is 5.97 Å². The molecule has 0 saturated carbocycles. The maximum absolute atomic E-state index is 12.9. The monoisotopic (exact) mass is 325 g/mol. The number of rotatable bonds is 6. The van der Waals surface area contributed by atoms with Crippen LogP contribution < -0.4 is 5.32 Å². The number of carbonyl (C=O) groups excluding carboxylic acids is 1. The largest absolute Gasteiger partial charge is 0.461 e. The summed E-state index contributed by atoms with van der Waals surface area (Å²) in [6, 6.07) is 11.2. The highest BCUT2D eigenvalue weighted by atomic mass is 19.1. The first-order chi connectivity index (χ1) is 11.6. The normalized spacial score (nSPS) is 10.8. The minimum atomic E-state index is -0.486. The number of nitrogens with zero attached hydrogens (tertiary/aromatic N) is 2. The highest BCUT2D eigenvalue weighted by Crippen LogP contribution is 2.14. The van der Waals surface area contributed by atoms with Crippen molar-refractivity contribution in [3.05, 3.63) is 65.6 Å². The van der Waals surface area contributed by atoms with Gasteiger partial charge in [0.25, 0.3) is 0 Å². The van der Waals surface area contributed by atoms with Crippen LogP contribution in [0.25, 0.3) is 5.57 Å². The fourth-order valence-corrected chi connectivity index (χ4v) is 1.97. The molecule has 2 rings (SSSR count). The van der Waals surface area contributed by atoms with Gasteiger partial charge in [-0.2, -0.15) is 5.26 Å². The minimum absolute atomic E-state index is 0.132. The third kappa shape index (κ3) is 4.92. The van der Waals surface area contributed by atoms with Gasteiger partial charge < -0.3 is 10.1 Å². The van der Waals surface area contributed by atoms with E-state index in [1.165, 1.54) is 18.2 Å². The third-order valence-corrected chi connectivity index (χ3v) is 3.20. The van der Waals surface area contributed by atoms with Gasteiger partial charge in [-0.15, -0.1) is 0 Å². The summed E-state index contributed by atoms with van der Waals surface area (Å²) in [5, 5.41) is 11.9. The van der Waals surface area contributed by atoms with Gasteiger partial charge in [0, 0.05) is 12.3 Å². The van der Waals surface area contributed by atoms with Crippen molar-refractivity contribution in [1.29, 1.82) is 5.26 Å². The molecule has 1 aromatic heterocycles. The first kappa shape index (κ1) is 17.2. The Morgan fingerprint density at radius 3 is 2.83 bits per heavy atom. The summed E-state index contributed by atoms with van der Waals surface area (Å²) in [6.45, 7) is 2.22. The van der Waals surface area contributed by atoms with Crippen molar-refractivity contribution < 1.29 is 13.9 Å². The molecular weight excluding hydrogens is 309 g/mol. The van der Waals surface area contributed by atoms with E-state index in [-0.39, 0.29) is 12.4 Å². The average Bonchev–Trinajstić information content (AvgIpc) is 2.59. The number of carbonyl (C=O) groups is 1. The average molecular weight is 325 g/mol. The van der Waals surface area contributed by atoms with E-state index in [1.54, 1.807) is 37.4 Å². The topological polar surface area (TPSA) is 75.0 Å². The Balaban J connectivity index is 1.82. The van der Waals surface area contributed by atoms with Crippen molar-refractivity contribution >= 4 is 17.4 Å². The number of hydrogen-bond acceptors (Lipinski definition) is 5. The standard InChI is InChI=1S/C18H16FN3O2/c1-13(14-4-6-16(19)7-5-14)11-17(23)24-10-9-22-18-15(12-20)3-2-8-21-18/h2-8,11H,9-10H2,1H3,(H,21,22). The quantitative estimate of drug-likeness (QED) is 0.502. The molecule has 0 unspecified atom stereocenters. The van der Waals surface area contributed by atoms with Crippen LogP contribution in [0.15, 0.2) is 48.7 Å². The number of allylic oxidation sites excluding steroid dienone is 1. The summed E-state index contributed by atoms with van der Waals surface area (Å²) in [5.41, 5.74) is 1.86. The van der Waals surface area contributed by atoms with Crippen molar-refractivity contribution in [2.45, 2.75) is 6.92 Å². The van der Waals surface area contributed by atoms with Gasteiger partial charge in [-0.3, -0.25) is 0 Å². The molecule has 0 bridgehead atoms. The van der Waals surface area contributed by atoms with Crippen molar-refractivity contribution in [2.75, 3.05) is 18.5 Å². The minimum Gasteiger partial charge on any atom is -0.461 e. The van der Waals surface area contributed by atoms with Crippen LogP contribution in [0.4, 0.5) is 10.2 Å². The number of hydrogen-bond donors (Lipinski definition) is 1. The third-order valence-electron chi connectivity index (χ3n) is 3.20. The Morgan fingerprint density at radius 1 is 1.38 bits per heavy atom. The van der Waals surface area contributed by atoms with Crippen LogP contribution in [-0.4, -0.2) is 24.1 Å². The summed E-state index contributed by atoms with van der Waals surface area (Å²) >= 11 is 0. The van der Waals surface area contributed by atoms with Crippen LogP contribution in [-0.2, 0) is 9.53 Å². The first-order valence-corrected chi connectivity index (χ1v) is 7.30. The number of nitrogens with one attached hydrogen (secondary N) is 1. The Bertz CT molecular complexity index is 780. The van der Waals surface area contributed by atoms with Gasteiger partial charge in [0.1, 0.15) is 24.3 Å². The number of halogens is 1. The van der Waals surface area contributed by atoms with Crippen molar-refractivity contribution in [3.63, 3.8) is 0 Å². The summed E-state index contributed by atoms with van der Waals surface area (Å²) in [7, 11) is 0. The predicted molar refractivity (Wildman–Crippen MR) is 88.5 cm³/mol. The molecule has 0 fully saturated rings. The van der Waals surface area contributed by atoms with E-state index >= 15 is 0 Å². The number of esters is 1. The van der Waals surface area contributed by atoms with Crippen molar-refractivity contribution in [3.8, 4) is 6.07 Å². The van der Waals surface area contributed by atoms with Gasteiger partial charge in [-0.05, 0) is 42.3 Å². The first-order valence-electron chi connectivity index (χ1n) is 7.30. The number of nitriles is 1. The smallest absolute Gasteiger partial charge is 0.331 e. The molecular formula is C18H16FN3O2. The SMILES string of the molecule is CC(=CC(=O)OCCNc1ncccc1C#N)c1ccc(F)cc1. The molecule has 0 aliphatic carbocycles. The Kier molecular flexibility index (Phi) is 6.03. The molecule has 1 heterocycles. The van der Waals surface area contributed by atoms with E-state index in [4.69, 9.17) is 10.00 Å². The second-order valence-electron chi connectivity index (χ2n) is 4.94. The molecule has 0 atom stereocenters. The zero-order chi connectivity index (χ0) is 17.4. The predicted octanol–water partition coefficient (Wildman–Crippen LogP) is 3.15. The number of aromatic nitrogens is 1. The highest BCUT2D eigenvalue weighted by Gasteiger charge is 2.04. The molecule has 5 nitrogen and oxygen atoms in total. The van der Waals surface area contributed by atoms with Crippen LogP contribution in [0.2, 0.25) is 0 Å². The molecule has 6 heteroatoms. The molecule has 1 aromatic carbocycles. The zero-order valence-electron chi connectivity index (χ0n) is 13.1. The molecule has 2 aromatic rings. The lowest BCUT2D eigenvalue weighted by Gasteiger charge is -2.07. The van der Waals surface area contributed by atoms with Gasteiger partial charge in [0.15, 0.2) is 0 Å². The van der Waals surface area contributed by atoms with Gasteiger partial charge in [0.05, 0.1) is 12.1 Å². The zero-order valence-corrected chi connectivity index (χ0v) is 13.1. The number of benzene rings is 1. The van der Waals surface area contributed by atoms with Crippen LogP contribution in [0.5, 0.6) is 0 Å². The van der Waals surface area contributed by atoms with Crippen LogP contribution in [0.1, 0.15) is 18.1 Å². The van der Waals surface area contributed by atoms with E-state index in [0.717, 1.165) is 5.56 Å². The van der Waals surface area contributed by atoms with E-state index in [2.05, 4.69) is 10.3 Å². The molecule has 0 aliphatic heterocycles. The molecule has 0 amide bonds. The van der Waals surface area contributed by atoms with Crippen molar-refractivity contribution in [2.24, 2.45) is 0 Å². The molecule has 122 valence electrons. The summed E-state index contributed by atoms with van der Waals surface area (Å²) in [4.78, 5) is 15.8. The Hall–Kier alpha value is -3.20. The van der Waals surface area contributed by atoms with Crippen LogP contribution >= 0.6 is 0 Å². The fraction of sp³-hybridized carbons (Fsp3) is 0.167. The van der Waals surface area contributed by atoms with Crippen LogP contribution in [0, 0.1) is 17.1 Å². The Morgan fingerprint density at radius 2 is 2.12 bits per heavy atom. The molecule has 0 radical (unpaired) electrons. The second kappa shape index (κ2) is 8.44. The molecule has 24 heavy (non-hydrogen) atoms. The lowest BCUT2D eigenvalue weighted by molar-refractivity contribution is -0.137. The van der Waals surface area contributed by atoms with E-state index in [1.807, 2.05) is 6.07 Å². The van der Waals surface area contributed by atoms with E-state index in [9.17, 15) is 9.18 Å². The van der Waals surface area contributed by atoms with Gasteiger partial charge in [-0.25, -0.2) is 14.2 Å². The molecule has 0 aliphatic rings. The van der Waals surface area contributed by atoms with E-state index in [0.29, 0.717) is 23.5 Å². The molecule has 1 N–H and O–H groups in total. The summed E-state index contributed by atoms with van der Waals surface area (Å²) < 4.78 is 18.0. The van der Waals surface area contributed by atoms with Crippen LogP contribution in [0.3, 0.4) is 0 Å². The van der Waals surface area contributed by atoms with Gasteiger partial charge >= 0.3 is 5.97 Å². The lowest BCUT2D eigenvalue weighted by Crippen LogP contribution is -2.14. The second-order valence-corrected chi connectivity index (χ2v) is 4.94. The number of anilines is 1. The lowest BCUT2D eigenvalue weighted by atomic mass is 10.1. The fourth-order valence-electron chi connectivity index (χ4n) is 1.97. The molecule has 0 spiro atoms. The van der Waals surface area contributed by atoms with Crippen molar-refractivity contribution in [1.82, 2.24) is 4.98 Å². The maximum Gasteiger partial charge on any atom is 0.331 e. The van der Waals surface area contributed by atoms with Gasteiger partial charge in [0.2, 0.25) is 0 Å². The van der Waals surface area contributed by atoms with Gasteiger partial charge in [-0.1, -0.05) is 12.1 Å². The Labute approximate surface area is 139 Å².